The molecule has 4 aromatic rings. The third-order valence-electron chi connectivity index (χ3n) is 6.21. The number of para-hydroxylation sites is 2. The lowest BCUT2D eigenvalue weighted by molar-refractivity contribution is -0.141. The van der Waals surface area contributed by atoms with Gasteiger partial charge in [0.05, 0.1) is 25.6 Å². The molecule has 1 aliphatic carbocycles. The molecular formula is C28H25F3N2O3. The minimum Gasteiger partial charge on any atom is -0.493 e. The molecule has 1 aliphatic rings. The molecule has 0 N–H and O–H groups in total. The zero-order valence-corrected chi connectivity index (χ0v) is 19.9. The SMILES string of the molecule is COc1cccc(-c2ccc(OCc3cc(C(F)(F)F)nn3-c3ccccc3C3CC3)cc2)c1OC. The van der Waals surface area contributed by atoms with Gasteiger partial charge < -0.3 is 14.2 Å². The highest BCUT2D eigenvalue weighted by atomic mass is 19.4. The Balaban J connectivity index is 1.41. The van der Waals surface area contributed by atoms with Gasteiger partial charge in [-0.2, -0.15) is 18.3 Å². The molecule has 36 heavy (non-hydrogen) atoms. The van der Waals surface area contributed by atoms with Crippen LogP contribution in [-0.2, 0) is 12.8 Å². The normalized spacial score (nSPS) is 13.5. The van der Waals surface area contributed by atoms with Crippen LogP contribution in [0.3, 0.4) is 0 Å². The molecule has 186 valence electrons. The van der Waals surface area contributed by atoms with E-state index < -0.39 is 11.9 Å². The molecule has 0 radical (unpaired) electrons. The molecule has 0 saturated heterocycles. The average molecular weight is 495 g/mol. The first-order valence-electron chi connectivity index (χ1n) is 11.6. The van der Waals surface area contributed by atoms with Crippen molar-refractivity contribution in [2.45, 2.75) is 31.5 Å². The maximum Gasteiger partial charge on any atom is 0.435 e. The van der Waals surface area contributed by atoms with E-state index in [-0.39, 0.29) is 6.61 Å². The van der Waals surface area contributed by atoms with Gasteiger partial charge in [-0.15, -0.1) is 0 Å². The van der Waals surface area contributed by atoms with Crippen LogP contribution >= 0.6 is 0 Å². The monoisotopic (exact) mass is 494 g/mol. The van der Waals surface area contributed by atoms with E-state index in [0.717, 1.165) is 35.6 Å². The number of aromatic nitrogens is 2. The zero-order chi connectivity index (χ0) is 25.3. The number of hydrogen-bond donors (Lipinski definition) is 0. The fourth-order valence-corrected chi connectivity index (χ4v) is 4.29. The van der Waals surface area contributed by atoms with Crippen molar-refractivity contribution in [3.8, 4) is 34.1 Å². The molecule has 1 fully saturated rings. The number of alkyl halides is 3. The number of hydrogen-bond acceptors (Lipinski definition) is 4. The van der Waals surface area contributed by atoms with Crippen LogP contribution in [0, 0.1) is 0 Å². The van der Waals surface area contributed by atoms with Gasteiger partial charge in [0, 0.05) is 5.56 Å². The van der Waals surface area contributed by atoms with Gasteiger partial charge in [-0.3, -0.25) is 0 Å². The summed E-state index contributed by atoms with van der Waals surface area (Å²) in [7, 11) is 3.16. The van der Waals surface area contributed by atoms with Gasteiger partial charge in [-0.1, -0.05) is 42.5 Å². The fourth-order valence-electron chi connectivity index (χ4n) is 4.29. The molecule has 1 saturated carbocycles. The number of methoxy groups -OCH3 is 2. The van der Waals surface area contributed by atoms with Crippen molar-refractivity contribution >= 4 is 0 Å². The van der Waals surface area contributed by atoms with Crippen LogP contribution in [0.2, 0.25) is 0 Å². The van der Waals surface area contributed by atoms with Gasteiger partial charge in [-0.05, 0) is 60.2 Å². The molecule has 0 aliphatic heterocycles. The van der Waals surface area contributed by atoms with Gasteiger partial charge in [0.1, 0.15) is 12.4 Å². The number of ether oxygens (including phenoxy) is 3. The molecule has 5 rings (SSSR count). The Kier molecular flexibility index (Phi) is 6.35. The quantitative estimate of drug-likeness (QED) is 0.264. The summed E-state index contributed by atoms with van der Waals surface area (Å²) in [5, 5.41) is 3.91. The lowest BCUT2D eigenvalue weighted by Crippen LogP contribution is -2.10. The summed E-state index contributed by atoms with van der Waals surface area (Å²) in [6, 6.07) is 21.4. The third kappa shape index (κ3) is 4.76. The average Bonchev–Trinajstić information content (AvgIpc) is 3.65. The summed E-state index contributed by atoms with van der Waals surface area (Å²) in [4.78, 5) is 0. The predicted octanol–water partition coefficient (Wildman–Crippen LogP) is 7.03. The van der Waals surface area contributed by atoms with E-state index in [1.54, 1.807) is 32.4 Å². The minimum absolute atomic E-state index is 0.0656. The number of benzene rings is 3. The number of rotatable bonds is 8. The summed E-state index contributed by atoms with van der Waals surface area (Å²) in [5.41, 5.74) is 2.80. The van der Waals surface area contributed by atoms with Crippen LogP contribution < -0.4 is 14.2 Å². The van der Waals surface area contributed by atoms with E-state index in [4.69, 9.17) is 14.2 Å². The Hall–Kier alpha value is -3.94. The Morgan fingerprint density at radius 1 is 0.917 bits per heavy atom. The molecule has 1 heterocycles. The second kappa shape index (κ2) is 9.60. The van der Waals surface area contributed by atoms with Crippen LogP contribution in [0.1, 0.15) is 35.7 Å². The molecule has 5 nitrogen and oxygen atoms in total. The van der Waals surface area contributed by atoms with Gasteiger partial charge in [0.2, 0.25) is 0 Å². The van der Waals surface area contributed by atoms with E-state index in [9.17, 15) is 13.2 Å². The second-order valence-electron chi connectivity index (χ2n) is 8.62. The Morgan fingerprint density at radius 3 is 2.33 bits per heavy atom. The molecular weight excluding hydrogens is 469 g/mol. The third-order valence-corrected chi connectivity index (χ3v) is 6.21. The molecule has 1 aromatic heterocycles. The largest absolute Gasteiger partial charge is 0.493 e. The molecule has 0 atom stereocenters. The maximum absolute atomic E-state index is 13.5. The van der Waals surface area contributed by atoms with Gasteiger partial charge in [-0.25, -0.2) is 4.68 Å². The molecule has 0 unspecified atom stereocenters. The lowest BCUT2D eigenvalue weighted by Gasteiger charge is -2.14. The highest BCUT2D eigenvalue weighted by Gasteiger charge is 2.36. The van der Waals surface area contributed by atoms with Crippen LogP contribution in [0.5, 0.6) is 17.2 Å². The van der Waals surface area contributed by atoms with Crippen LogP contribution in [0.25, 0.3) is 16.8 Å². The number of halogens is 3. The topological polar surface area (TPSA) is 45.5 Å². The van der Waals surface area contributed by atoms with Gasteiger partial charge in [0.15, 0.2) is 17.2 Å². The predicted molar refractivity (Wildman–Crippen MR) is 130 cm³/mol. The van der Waals surface area contributed by atoms with E-state index in [1.165, 1.54) is 4.68 Å². The van der Waals surface area contributed by atoms with Crippen molar-refractivity contribution < 1.29 is 27.4 Å². The smallest absolute Gasteiger partial charge is 0.435 e. The van der Waals surface area contributed by atoms with E-state index in [0.29, 0.717) is 34.5 Å². The van der Waals surface area contributed by atoms with Gasteiger partial charge in [0.25, 0.3) is 0 Å². The zero-order valence-electron chi connectivity index (χ0n) is 19.9. The summed E-state index contributed by atoms with van der Waals surface area (Å²) in [6.07, 6.45) is -2.49. The summed E-state index contributed by atoms with van der Waals surface area (Å²) in [5.74, 6) is 2.12. The number of nitrogens with zero attached hydrogens (tertiary/aromatic N) is 2. The molecule has 8 heteroatoms. The van der Waals surface area contributed by atoms with Crippen LogP contribution in [-0.4, -0.2) is 24.0 Å². The van der Waals surface area contributed by atoms with Crippen molar-refractivity contribution in [3.05, 3.63) is 89.7 Å². The van der Waals surface area contributed by atoms with Crippen LogP contribution in [0.15, 0.2) is 72.8 Å². The molecule has 3 aromatic carbocycles. The standard InChI is InChI=1S/C28H25F3N2O3/c1-34-25-9-5-7-23(27(25)35-2)19-12-14-21(15-13-19)36-17-20-16-26(28(29,30)31)32-33(20)24-8-4-3-6-22(24)18-10-11-18/h3-9,12-16,18H,10-11,17H2,1-2H3. The molecule has 0 bridgehead atoms. The fraction of sp³-hybridized carbons (Fsp3) is 0.250. The van der Waals surface area contributed by atoms with E-state index in [1.807, 2.05) is 48.5 Å². The summed E-state index contributed by atoms with van der Waals surface area (Å²) >= 11 is 0. The highest BCUT2D eigenvalue weighted by molar-refractivity contribution is 5.74. The molecule has 0 amide bonds. The Bertz CT molecular complexity index is 1360. The summed E-state index contributed by atoms with van der Waals surface area (Å²) < 4.78 is 58.7. The second-order valence-corrected chi connectivity index (χ2v) is 8.62. The first-order chi connectivity index (χ1) is 17.4. The van der Waals surface area contributed by atoms with Crippen molar-refractivity contribution in [1.29, 1.82) is 0 Å². The highest BCUT2D eigenvalue weighted by Crippen LogP contribution is 2.43. The van der Waals surface area contributed by atoms with Crippen LogP contribution in [0.4, 0.5) is 13.2 Å². The lowest BCUT2D eigenvalue weighted by atomic mass is 10.0. The molecule has 0 spiro atoms. The Morgan fingerprint density at radius 2 is 1.67 bits per heavy atom. The van der Waals surface area contributed by atoms with Crippen molar-refractivity contribution in [2.75, 3.05) is 14.2 Å². The van der Waals surface area contributed by atoms with E-state index >= 15 is 0 Å². The summed E-state index contributed by atoms with van der Waals surface area (Å²) in [6.45, 7) is -0.0656. The first-order valence-corrected chi connectivity index (χ1v) is 11.6. The van der Waals surface area contributed by atoms with Crippen molar-refractivity contribution in [1.82, 2.24) is 9.78 Å². The first kappa shape index (κ1) is 23.8. The maximum atomic E-state index is 13.5. The van der Waals surface area contributed by atoms with Crippen molar-refractivity contribution in [3.63, 3.8) is 0 Å². The Labute approximate surface area is 207 Å². The van der Waals surface area contributed by atoms with E-state index in [2.05, 4.69) is 5.10 Å². The minimum atomic E-state index is -4.55. The van der Waals surface area contributed by atoms with Crippen molar-refractivity contribution in [2.24, 2.45) is 0 Å². The van der Waals surface area contributed by atoms with Gasteiger partial charge >= 0.3 is 6.18 Å².